The van der Waals surface area contributed by atoms with Gasteiger partial charge in [0.25, 0.3) is 5.91 Å². The number of carbonyl (C=O) groups excluding carboxylic acids is 2. The highest BCUT2D eigenvalue weighted by atomic mass is 32.2. The van der Waals surface area contributed by atoms with Crippen LogP contribution in [-0.2, 0) is 4.79 Å². The number of nitrogens with one attached hydrogen (secondary N) is 1. The van der Waals surface area contributed by atoms with Crippen LogP contribution in [0.3, 0.4) is 0 Å². The maximum Gasteiger partial charge on any atom is 0.253 e. The highest BCUT2D eigenvalue weighted by molar-refractivity contribution is 8.01. The molecule has 0 saturated carbocycles. The molecule has 1 aliphatic rings. The topological polar surface area (TPSA) is 74.8 Å². The van der Waals surface area contributed by atoms with E-state index in [4.69, 9.17) is 4.74 Å². The molecule has 7 nitrogen and oxygen atoms in total. The van der Waals surface area contributed by atoms with E-state index in [1.54, 1.807) is 30.6 Å². The number of fused-ring (bicyclic) bond motifs is 1. The minimum Gasteiger partial charge on any atom is -0.497 e. The summed E-state index contributed by atoms with van der Waals surface area (Å²) in [6.45, 7) is 2.83. The van der Waals surface area contributed by atoms with Crippen molar-refractivity contribution in [3.8, 4) is 5.75 Å². The Bertz CT molecular complexity index is 1310. The lowest BCUT2D eigenvalue weighted by Gasteiger charge is -2.36. The van der Waals surface area contributed by atoms with Crippen LogP contribution in [0.2, 0.25) is 0 Å². The highest BCUT2D eigenvalue weighted by Crippen LogP contribution is 2.29. The molecule has 0 aliphatic carbocycles. The van der Waals surface area contributed by atoms with Crippen molar-refractivity contribution in [3.63, 3.8) is 0 Å². The summed E-state index contributed by atoms with van der Waals surface area (Å²) in [5.74, 6) is 1.03. The quantitative estimate of drug-likeness (QED) is 0.347. The summed E-state index contributed by atoms with van der Waals surface area (Å²) in [4.78, 5) is 33.9. The van der Waals surface area contributed by atoms with Gasteiger partial charge in [-0.3, -0.25) is 9.59 Å². The molecule has 3 aromatic carbocycles. The van der Waals surface area contributed by atoms with Gasteiger partial charge < -0.3 is 19.9 Å². The van der Waals surface area contributed by atoms with Crippen molar-refractivity contribution in [2.45, 2.75) is 4.34 Å². The molecule has 1 saturated heterocycles. The zero-order valence-electron chi connectivity index (χ0n) is 19.8. The molecule has 2 amide bonds. The average molecular weight is 519 g/mol. The number of rotatable bonds is 7. The van der Waals surface area contributed by atoms with Gasteiger partial charge in [-0.2, -0.15) is 0 Å². The van der Waals surface area contributed by atoms with Crippen molar-refractivity contribution in [2.75, 3.05) is 49.3 Å². The molecule has 0 radical (unpaired) electrons. The summed E-state index contributed by atoms with van der Waals surface area (Å²) in [6, 6.07) is 23.1. The second kappa shape index (κ2) is 11.0. The number of nitrogens with zero attached hydrogens (tertiary/aromatic N) is 3. The van der Waals surface area contributed by atoms with E-state index in [0.29, 0.717) is 24.4 Å². The van der Waals surface area contributed by atoms with Crippen molar-refractivity contribution in [2.24, 2.45) is 0 Å². The molecule has 1 fully saturated rings. The largest absolute Gasteiger partial charge is 0.497 e. The average Bonchev–Trinajstić information content (AvgIpc) is 3.35. The number of methoxy groups -OCH3 is 1. The van der Waals surface area contributed by atoms with E-state index in [1.165, 1.54) is 11.8 Å². The van der Waals surface area contributed by atoms with Crippen LogP contribution in [0.25, 0.3) is 10.2 Å². The number of ether oxygens (including phenoxy) is 1. The summed E-state index contributed by atoms with van der Waals surface area (Å²) >= 11 is 3.05. The van der Waals surface area contributed by atoms with E-state index in [0.717, 1.165) is 44.8 Å². The molecule has 5 rings (SSSR count). The molecule has 1 N–H and O–H groups in total. The van der Waals surface area contributed by atoms with Gasteiger partial charge in [0.1, 0.15) is 5.75 Å². The molecule has 9 heteroatoms. The van der Waals surface area contributed by atoms with E-state index in [2.05, 4.69) is 15.2 Å². The fourth-order valence-corrected chi connectivity index (χ4v) is 5.95. The van der Waals surface area contributed by atoms with Crippen LogP contribution in [0.15, 0.2) is 77.1 Å². The number of thioether (sulfide) groups is 1. The molecule has 2 heterocycles. The Labute approximate surface area is 218 Å². The van der Waals surface area contributed by atoms with Gasteiger partial charge in [-0.15, -0.1) is 11.3 Å². The van der Waals surface area contributed by atoms with E-state index in [1.807, 2.05) is 65.6 Å². The highest BCUT2D eigenvalue weighted by Gasteiger charge is 2.22. The third kappa shape index (κ3) is 5.63. The number of piperazine rings is 1. The van der Waals surface area contributed by atoms with Crippen LogP contribution in [0, 0.1) is 0 Å². The maximum absolute atomic E-state index is 12.8. The number of carbonyl (C=O) groups is 2. The fraction of sp³-hybridized carbons (Fsp3) is 0.222. The third-order valence-corrected chi connectivity index (χ3v) is 8.20. The van der Waals surface area contributed by atoms with Crippen molar-refractivity contribution in [1.82, 2.24) is 9.88 Å². The first-order valence-electron chi connectivity index (χ1n) is 11.7. The minimum absolute atomic E-state index is 0.0408. The zero-order chi connectivity index (χ0) is 24.9. The molecule has 0 atom stereocenters. The lowest BCUT2D eigenvalue weighted by atomic mass is 10.1. The number of aromatic nitrogens is 1. The van der Waals surface area contributed by atoms with Crippen molar-refractivity contribution >= 4 is 56.5 Å². The second-order valence-electron chi connectivity index (χ2n) is 8.34. The van der Waals surface area contributed by atoms with Crippen molar-refractivity contribution in [3.05, 3.63) is 78.4 Å². The number of anilines is 2. The van der Waals surface area contributed by atoms with E-state index < -0.39 is 0 Å². The second-order valence-corrected chi connectivity index (χ2v) is 10.6. The summed E-state index contributed by atoms with van der Waals surface area (Å²) in [5, 5.41) is 2.96. The van der Waals surface area contributed by atoms with Gasteiger partial charge in [-0.25, -0.2) is 4.98 Å². The Balaban J connectivity index is 1.10. The lowest BCUT2D eigenvalue weighted by molar-refractivity contribution is -0.113. The van der Waals surface area contributed by atoms with Gasteiger partial charge in [0.2, 0.25) is 5.91 Å². The van der Waals surface area contributed by atoms with Crippen LogP contribution in [0.4, 0.5) is 11.4 Å². The fourth-order valence-electron chi connectivity index (χ4n) is 4.08. The minimum atomic E-state index is -0.0577. The predicted octanol–water partition coefficient (Wildman–Crippen LogP) is 5.00. The van der Waals surface area contributed by atoms with E-state index in [-0.39, 0.29) is 11.8 Å². The van der Waals surface area contributed by atoms with Gasteiger partial charge in [0, 0.05) is 43.1 Å². The molecule has 1 aromatic heterocycles. The first-order valence-corrected chi connectivity index (χ1v) is 13.5. The molecular weight excluding hydrogens is 492 g/mol. The Morgan fingerprint density at radius 2 is 1.69 bits per heavy atom. The summed E-state index contributed by atoms with van der Waals surface area (Å²) in [7, 11) is 1.61. The SMILES string of the molecule is COc1ccc(C(=O)N2CCN(c3ccc(NC(=O)CSc4nc5ccccc5s4)cc3)CC2)cc1. The predicted molar refractivity (Wildman–Crippen MR) is 147 cm³/mol. The Kier molecular flexibility index (Phi) is 7.39. The number of amides is 2. The lowest BCUT2D eigenvalue weighted by Crippen LogP contribution is -2.48. The molecule has 184 valence electrons. The summed E-state index contributed by atoms with van der Waals surface area (Å²) in [6.07, 6.45) is 0. The standard InChI is InChI=1S/C27H26N4O3S2/c1-34-22-12-6-19(7-13-22)26(33)31-16-14-30(15-17-31)21-10-8-20(9-11-21)28-25(32)18-35-27-29-23-4-2-3-5-24(23)36-27/h2-13H,14-18H2,1H3,(H,28,32). The number of thiazole rings is 1. The zero-order valence-corrected chi connectivity index (χ0v) is 21.5. The molecule has 0 bridgehead atoms. The van der Waals surface area contributed by atoms with Gasteiger partial charge in [-0.05, 0) is 60.7 Å². The monoisotopic (exact) mass is 518 g/mol. The number of hydrogen-bond acceptors (Lipinski definition) is 7. The van der Waals surface area contributed by atoms with Crippen LogP contribution >= 0.6 is 23.1 Å². The molecular formula is C27H26N4O3S2. The number of benzene rings is 3. The first-order chi connectivity index (χ1) is 17.6. The van der Waals surface area contributed by atoms with Crippen LogP contribution in [0.1, 0.15) is 10.4 Å². The Morgan fingerprint density at radius 3 is 2.39 bits per heavy atom. The van der Waals surface area contributed by atoms with E-state index >= 15 is 0 Å². The summed E-state index contributed by atoms with van der Waals surface area (Å²) < 4.78 is 7.19. The Hall–Kier alpha value is -3.56. The molecule has 4 aromatic rings. The molecule has 0 unspecified atom stereocenters. The van der Waals surface area contributed by atoms with Gasteiger partial charge in [0.05, 0.1) is 23.1 Å². The van der Waals surface area contributed by atoms with Crippen LogP contribution in [0.5, 0.6) is 5.75 Å². The molecule has 36 heavy (non-hydrogen) atoms. The molecule has 0 spiro atoms. The van der Waals surface area contributed by atoms with E-state index in [9.17, 15) is 9.59 Å². The van der Waals surface area contributed by atoms with Crippen molar-refractivity contribution < 1.29 is 14.3 Å². The van der Waals surface area contributed by atoms with Crippen LogP contribution < -0.4 is 15.0 Å². The van der Waals surface area contributed by atoms with Crippen LogP contribution in [-0.4, -0.2) is 60.7 Å². The van der Waals surface area contributed by atoms with Gasteiger partial charge in [-0.1, -0.05) is 23.9 Å². The summed E-state index contributed by atoms with van der Waals surface area (Å²) in [5.41, 5.74) is 3.48. The normalized spacial score (nSPS) is 13.6. The Morgan fingerprint density at radius 1 is 0.972 bits per heavy atom. The third-order valence-electron chi connectivity index (χ3n) is 6.02. The van der Waals surface area contributed by atoms with Gasteiger partial charge in [0.15, 0.2) is 4.34 Å². The first kappa shape index (κ1) is 24.1. The van der Waals surface area contributed by atoms with Crippen molar-refractivity contribution in [1.29, 1.82) is 0 Å². The number of hydrogen-bond donors (Lipinski definition) is 1. The molecule has 1 aliphatic heterocycles. The van der Waals surface area contributed by atoms with Gasteiger partial charge >= 0.3 is 0 Å². The number of para-hydroxylation sites is 1. The smallest absolute Gasteiger partial charge is 0.253 e. The maximum atomic E-state index is 12.8.